The number of aryl methyl sites for hydroxylation is 2. The third kappa shape index (κ3) is 4.23. The van der Waals surface area contributed by atoms with Gasteiger partial charge in [-0.1, -0.05) is 18.7 Å². The third-order valence-corrected chi connectivity index (χ3v) is 5.65. The van der Waals surface area contributed by atoms with Crippen LogP contribution in [0.5, 0.6) is 0 Å². The number of carbonyl (C=O) groups is 1. The standard InChI is InChI=1S/C20H22N4OS/c1-12-4-5-17-15(8-12)10-16(11-21)20(23-17)26-14(3)19(25)24-18-9-13(2)6-7-22-18/h6-7,9-10,12,14H,4-5,8H2,1-3H3,(H,22,24,25). The maximum atomic E-state index is 12.5. The average Bonchev–Trinajstić information content (AvgIpc) is 2.61. The molecule has 134 valence electrons. The first-order valence-corrected chi connectivity index (χ1v) is 9.67. The number of hydrogen-bond donors (Lipinski definition) is 1. The highest BCUT2D eigenvalue weighted by Gasteiger charge is 2.22. The lowest BCUT2D eigenvalue weighted by molar-refractivity contribution is -0.115. The molecular formula is C20H22N4OS. The van der Waals surface area contributed by atoms with Crippen LogP contribution in [0.2, 0.25) is 0 Å². The molecule has 2 heterocycles. The van der Waals surface area contributed by atoms with Gasteiger partial charge in [0.2, 0.25) is 5.91 Å². The van der Waals surface area contributed by atoms with Crippen molar-refractivity contribution in [2.75, 3.05) is 5.32 Å². The van der Waals surface area contributed by atoms with Gasteiger partial charge in [0.25, 0.3) is 0 Å². The van der Waals surface area contributed by atoms with E-state index in [-0.39, 0.29) is 11.2 Å². The van der Waals surface area contributed by atoms with Crippen LogP contribution in [0.15, 0.2) is 29.4 Å². The molecule has 2 atom stereocenters. The number of pyridine rings is 2. The van der Waals surface area contributed by atoms with Gasteiger partial charge in [0.1, 0.15) is 16.9 Å². The van der Waals surface area contributed by atoms with Gasteiger partial charge in [0.05, 0.1) is 10.8 Å². The van der Waals surface area contributed by atoms with Crippen LogP contribution in [0, 0.1) is 24.2 Å². The highest BCUT2D eigenvalue weighted by molar-refractivity contribution is 8.00. The van der Waals surface area contributed by atoms with Crippen molar-refractivity contribution in [2.24, 2.45) is 5.92 Å². The summed E-state index contributed by atoms with van der Waals surface area (Å²) < 4.78 is 0. The molecule has 2 aromatic rings. The van der Waals surface area contributed by atoms with E-state index in [0.29, 0.717) is 22.3 Å². The molecule has 2 aromatic heterocycles. The van der Waals surface area contributed by atoms with Crippen molar-refractivity contribution in [3.05, 3.63) is 46.8 Å². The molecule has 6 heteroatoms. The van der Waals surface area contributed by atoms with Gasteiger partial charge in [-0.2, -0.15) is 5.26 Å². The van der Waals surface area contributed by atoms with E-state index in [2.05, 4.69) is 23.3 Å². The maximum Gasteiger partial charge on any atom is 0.238 e. The second kappa shape index (κ2) is 7.88. The molecule has 0 radical (unpaired) electrons. The van der Waals surface area contributed by atoms with Crippen molar-refractivity contribution in [2.45, 2.75) is 50.3 Å². The number of nitrogens with zero attached hydrogens (tertiary/aromatic N) is 3. The predicted octanol–water partition coefficient (Wildman–Crippen LogP) is 3.90. The van der Waals surface area contributed by atoms with Crippen molar-refractivity contribution < 1.29 is 4.79 Å². The molecule has 5 nitrogen and oxygen atoms in total. The number of amides is 1. The Labute approximate surface area is 158 Å². The van der Waals surface area contributed by atoms with Gasteiger partial charge in [-0.05, 0) is 68.4 Å². The lowest BCUT2D eigenvalue weighted by Gasteiger charge is -2.22. The molecule has 1 aliphatic carbocycles. The summed E-state index contributed by atoms with van der Waals surface area (Å²) in [4.78, 5) is 21.3. The largest absolute Gasteiger partial charge is 0.310 e. The maximum absolute atomic E-state index is 12.5. The van der Waals surface area contributed by atoms with E-state index < -0.39 is 0 Å². The minimum absolute atomic E-state index is 0.148. The molecule has 0 aliphatic heterocycles. The van der Waals surface area contributed by atoms with E-state index in [1.54, 1.807) is 6.20 Å². The molecule has 2 unspecified atom stereocenters. The number of nitrogens with one attached hydrogen (secondary N) is 1. The fraction of sp³-hybridized carbons (Fsp3) is 0.400. The Morgan fingerprint density at radius 2 is 2.27 bits per heavy atom. The molecule has 0 bridgehead atoms. The summed E-state index contributed by atoms with van der Waals surface area (Å²) in [6.45, 7) is 6.00. The minimum atomic E-state index is -0.377. The molecule has 26 heavy (non-hydrogen) atoms. The number of aromatic nitrogens is 2. The number of anilines is 1. The van der Waals surface area contributed by atoms with Crippen LogP contribution in [0.1, 0.15) is 42.7 Å². The molecule has 1 aliphatic rings. The zero-order valence-electron chi connectivity index (χ0n) is 15.2. The number of carbonyl (C=O) groups excluding carboxylic acids is 1. The quantitative estimate of drug-likeness (QED) is 0.830. The van der Waals surface area contributed by atoms with Gasteiger partial charge in [-0.25, -0.2) is 9.97 Å². The fourth-order valence-corrected chi connectivity index (χ4v) is 3.95. The van der Waals surface area contributed by atoms with E-state index in [0.717, 1.165) is 30.5 Å². The van der Waals surface area contributed by atoms with Crippen LogP contribution >= 0.6 is 11.8 Å². The summed E-state index contributed by atoms with van der Waals surface area (Å²) in [6, 6.07) is 7.89. The lowest BCUT2D eigenvalue weighted by atomic mass is 9.87. The summed E-state index contributed by atoms with van der Waals surface area (Å²) >= 11 is 1.33. The Hall–Kier alpha value is -2.39. The van der Waals surface area contributed by atoms with E-state index in [1.807, 2.05) is 32.0 Å². The van der Waals surface area contributed by atoms with Crippen molar-refractivity contribution >= 4 is 23.5 Å². The summed E-state index contributed by atoms with van der Waals surface area (Å²) in [5.41, 5.74) is 3.83. The van der Waals surface area contributed by atoms with Crippen LogP contribution in [0.25, 0.3) is 0 Å². The second-order valence-electron chi connectivity index (χ2n) is 6.87. The zero-order chi connectivity index (χ0) is 18.7. The summed E-state index contributed by atoms with van der Waals surface area (Å²) in [5.74, 6) is 1.02. The molecule has 3 rings (SSSR count). The van der Waals surface area contributed by atoms with Crippen LogP contribution in [-0.2, 0) is 17.6 Å². The molecule has 0 spiro atoms. The minimum Gasteiger partial charge on any atom is -0.310 e. The first kappa shape index (κ1) is 18.4. The van der Waals surface area contributed by atoms with Gasteiger partial charge in [-0.15, -0.1) is 0 Å². The average molecular weight is 366 g/mol. The third-order valence-electron chi connectivity index (χ3n) is 4.54. The van der Waals surface area contributed by atoms with Gasteiger partial charge >= 0.3 is 0 Å². The van der Waals surface area contributed by atoms with Crippen LogP contribution < -0.4 is 5.32 Å². The summed E-state index contributed by atoms with van der Waals surface area (Å²) in [7, 11) is 0. The molecule has 0 saturated heterocycles. The van der Waals surface area contributed by atoms with E-state index in [9.17, 15) is 10.1 Å². The van der Waals surface area contributed by atoms with Gasteiger partial charge in [0.15, 0.2) is 0 Å². The van der Waals surface area contributed by atoms with Gasteiger partial charge in [-0.3, -0.25) is 4.79 Å². The molecular weight excluding hydrogens is 344 g/mol. The Kier molecular flexibility index (Phi) is 5.58. The van der Waals surface area contributed by atoms with E-state index in [1.165, 1.54) is 17.3 Å². The van der Waals surface area contributed by atoms with E-state index in [4.69, 9.17) is 4.98 Å². The number of hydrogen-bond acceptors (Lipinski definition) is 5. The van der Waals surface area contributed by atoms with Gasteiger partial charge < -0.3 is 5.32 Å². The summed E-state index contributed by atoms with van der Waals surface area (Å²) in [5, 5.41) is 12.6. The smallest absolute Gasteiger partial charge is 0.238 e. The Balaban J connectivity index is 1.75. The number of nitriles is 1. The van der Waals surface area contributed by atoms with Crippen LogP contribution in [-0.4, -0.2) is 21.1 Å². The molecule has 0 fully saturated rings. The molecule has 1 amide bonds. The summed E-state index contributed by atoms with van der Waals surface area (Å²) in [6.07, 6.45) is 4.69. The number of rotatable bonds is 4. The van der Waals surface area contributed by atoms with Gasteiger partial charge in [0, 0.05) is 11.9 Å². The SMILES string of the molecule is Cc1ccnc(NC(=O)C(C)Sc2nc3c(cc2C#N)CC(C)CC3)c1. The highest BCUT2D eigenvalue weighted by atomic mass is 32.2. The topological polar surface area (TPSA) is 78.7 Å². The molecule has 0 saturated carbocycles. The normalized spacial score (nSPS) is 17.1. The Bertz CT molecular complexity index is 875. The fourth-order valence-electron chi connectivity index (χ4n) is 3.05. The van der Waals surface area contributed by atoms with Crippen LogP contribution in [0.4, 0.5) is 5.82 Å². The number of thioether (sulfide) groups is 1. The highest BCUT2D eigenvalue weighted by Crippen LogP contribution is 2.31. The Morgan fingerprint density at radius 1 is 1.46 bits per heavy atom. The van der Waals surface area contributed by atoms with E-state index >= 15 is 0 Å². The second-order valence-corrected chi connectivity index (χ2v) is 8.20. The molecule has 0 aromatic carbocycles. The first-order valence-electron chi connectivity index (χ1n) is 8.79. The zero-order valence-corrected chi connectivity index (χ0v) is 16.1. The monoisotopic (exact) mass is 366 g/mol. The Morgan fingerprint density at radius 3 is 3.00 bits per heavy atom. The molecule has 1 N–H and O–H groups in total. The van der Waals surface area contributed by atoms with Crippen molar-refractivity contribution in [1.29, 1.82) is 5.26 Å². The lowest BCUT2D eigenvalue weighted by Crippen LogP contribution is -2.23. The van der Waals surface area contributed by atoms with Crippen molar-refractivity contribution in [3.8, 4) is 6.07 Å². The van der Waals surface area contributed by atoms with Crippen molar-refractivity contribution in [3.63, 3.8) is 0 Å². The van der Waals surface area contributed by atoms with Crippen LogP contribution in [0.3, 0.4) is 0 Å². The van der Waals surface area contributed by atoms with Crippen molar-refractivity contribution in [1.82, 2.24) is 9.97 Å². The number of fused-ring (bicyclic) bond motifs is 1. The predicted molar refractivity (Wildman–Crippen MR) is 103 cm³/mol. The first-order chi connectivity index (χ1) is 12.5.